The fraction of sp³-hybridized carbons (Fsp3) is 0.200. The number of hydrogen-bond acceptors (Lipinski definition) is 4. The molecule has 0 radical (unpaired) electrons. The highest BCUT2D eigenvalue weighted by atomic mass is 19.1. The molecule has 3 rings (SSSR count). The Labute approximate surface area is 176 Å². The van der Waals surface area contributed by atoms with E-state index in [9.17, 15) is 4.39 Å². The summed E-state index contributed by atoms with van der Waals surface area (Å²) in [6.45, 7) is 2.33. The molecule has 0 amide bonds. The average molecular weight is 402 g/mol. The molecular formula is C25H23FN2O2. The Hall–Kier alpha value is -3.65. The van der Waals surface area contributed by atoms with Crippen LogP contribution in [-0.4, -0.2) is 12.3 Å². The molecule has 1 unspecified atom stereocenters. The van der Waals surface area contributed by atoms with Crippen LogP contribution in [0.1, 0.15) is 36.0 Å². The molecule has 0 saturated carbocycles. The maximum absolute atomic E-state index is 14.3. The zero-order valence-corrected chi connectivity index (χ0v) is 16.8. The monoisotopic (exact) mass is 402 g/mol. The Morgan fingerprint density at radius 2 is 1.70 bits per heavy atom. The van der Waals surface area contributed by atoms with Gasteiger partial charge in [-0.05, 0) is 35.7 Å². The first-order valence-electron chi connectivity index (χ1n) is 9.77. The van der Waals surface area contributed by atoms with Crippen LogP contribution in [0.4, 0.5) is 4.39 Å². The van der Waals surface area contributed by atoms with Crippen molar-refractivity contribution in [2.24, 2.45) is 0 Å². The van der Waals surface area contributed by atoms with Gasteiger partial charge in [0, 0.05) is 11.6 Å². The molecule has 30 heavy (non-hydrogen) atoms. The summed E-state index contributed by atoms with van der Waals surface area (Å²) < 4.78 is 25.6. The van der Waals surface area contributed by atoms with Crippen LogP contribution >= 0.6 is 0 Å². The highest BCUT2D eigenvalue weighted by molar-refractivity contribution is 5.99. The molecule has 1 N–H and O–H groups in total. The molecule has 3 aromatic carbocycles. The summed E-state index contributed by atoms with van der Waals surface area (Å²) in [5.74, 6) is 0.207. The SMILES string of the molecule is CCC(C#N)c1ccc(OCc2ccc(OCC(=N)c3ccccc3)cc2)cc1F. The van der Waals surface area contributed by atoms with Crippen LogP contribution in [0.25, 0.3) is 0 Å². The first kappa shape index (κ1) is 21.1. The van der Waals surface area contributed by atoms with Crippen LogP contribution in [0.3, 0.4) is 0 Å². The van der Waals surface area contributed by atoms with E-state index in [1.807, 2.05) is 61.5 Å². The zero-order valence-electron chi connectivity index (χ0n) is 16.8. The first-order valence-corrected chi connectivity index (χ1v) is 9.77. The molecule has 0 saturated heterocycles. The van der Waals surface area contributed by atoms with Crippen LogP contribution in [0.5, 0.6) is 11.5 Å². The number of nitriles is 1. The molecule has 0 aliphatic rings. The quantitative estimate of drug-likeness (QED) is 0.455. The lowest BCUT2D eigenvalue weighted by atomic mass is 9.97. The third kappa shape index (κ3) is 5.45. The number of ether oxygens (including phenoxy) is 2. The van der Waals surface area contributed by atoms with E-state index < -0.39 is 11.7 Å². The zero-order chi connectivity index (χ0) is 21.3. The van der Waals surface area contributed by atoms with Crippen molar-refractivity contribution in [1.82, 2.24) is 0 Å². The minimum Gasteiger partial charge on any atom is -0.489 e. The molecule has 0 aliphatic heterocycles. The molecule has 4 nitrogen and oxygen atoms in total. The number of hydrogen-bond donors (Lipinski definition) is 1. The molecule has 152 valence electrons. The molecule has 0 heterocycles. The largest absolute Gasteiger partial charge is 0.489 e. The van der Waals surface area contributed by atoms with Gasteiger partial charge in [0.05, 0.1) is 17.7 Å². The van der Waals surface area contributed by atoms with Gasteiger partial charge in [0.2, 0.25) is 0 Å². The van der Waals surface area contributed by atoms with Gasteiger partial charge in [-0.15, -0.1) is 0 Å². The van der Waals surface area contributed by atoms with E-state index in [0.29, 0.717) is 29.2 Å². The van der Waals surface area contributed by atoms with Gasteiger partial charge in [-0.2, -0.15) is 5.26 Å². The van der Waals surface area contributed by atoms with Gasteiger partial charge in [-0.3, -0.25) is 0 Å². The second-order valence-corrected chi connectivity index (χ2v) is 6.84. The van der Waals surface area contributed by atoms with Crippen molar-refractivity contribution in [2.45, 2.75) is 25.9 Å². The number of nitrogens with zero attached hydrogens (tertiary/aromatic N) is 1. The summed E-state index contributed by atoms with van der Waals surface area (Å²) in [7, 11) is 0. The van der Waals surface area contributed by atoms with E-state index in [0.717, 1.165) is 11.1 Å². The smallest absolute Gasteiger partial charge is 0.131 e. The van der Waals surface area contributed by atoms with E-state index in [1.54, 1.807) is 12.1 Å². The van der Waals surface area contributed by atoms with Gasteiger partial charge in [0.25, 0.3) is 0 Å². The lowest BCUT2D eigenvalue weighted by molar-refractivity contribution is 0.304. The summed E-state index contributed by atoms with van der Waals surface area (Å²) in [5.41, 5.74) is 2.55. The average Bonchev–Trinajstić information content (AvgIpc) is 2.79. The van der Waals surface area contributed by atoms with Gasteiger partial charge in [0.15, 0.2) is 0 Å². The van der Waals surface area contributed by atoms with Crippen molar-refractivity contribution in [2.75, 3.05) is 6.61 Å². The Bertz CT molecular complexity index is 1030. The number of nitrogens with one attached hydrogen (secondary N) is 1. The number of rotatable bonds is 9. The van der Waals surface area contributed by atoms with Crippen LogP contribution in [0.15, 0.2) is 72.8 Å². The van der Waals surface area contributed by atoms with Crippen molar-refractivity contribution in [3.05, 3.63) is 95.3 Å². The van der Waals surface area contributed by atoms with E-state index in [4.69, 9.17) is 20.1 Å². The molecule has 0 aliphatic carbocycles. The molecular weight excluding hydrogens is 379 g/mol. The molecule has 1 atom stereocenters. The lowest BCUT2D eigenvalue weighted by Gasteiger charge is -2.11. The Kier molecular flexibility index (Phi) is 7.18. The molecule has 0 fully saturated rings. The summed E-state index contributed by atoms with van der Waals surface area (Å²) >= 11 is 0. The molecule has 0 aromatic heterocycles. The molecule has 0 spiro atoms. The Morgan fingerprint density at radius 1 is 1.00 bits per heavy atom. The normalized spacial score (nSPS) is 11.4. The summed E-state index contributed by atoms with van der Waals surface area (Å²) in [6, 6.07) is 23.6. The van der Waals surface area contributed by atoms with E-state index in [2.05, 4.69) is 6.07 Å². The van der Waals surface area contributed by atoms with Crippen molar-refractivity contribution in [3.8, 4) is 17.6 Å². The number of halogens is 1. The second kappa shape index (κ2) is 10.2. The topological polar surface area (TPSA) is 66.1 Å². The van der Waals surface area contributed by atoms with Gasteiger partial charge in [-0.25, -0.2) is 4.39 Å². The molecule has 3 aromatic rings. The van der Waals surface area contributed by atoms with E-state index in [1.165, 1.54) is 6.07 Å². The van der Waals surface area contributed by atoms with Crippen LogP contribution < -0.4 is 9.47 Å². The summed E-state index contributed by atoms with van der Waals surface area (Å²) in [5, 5.41) is 17.2. The predicted molar refractivity (Wildman–Crippen MR) is 115 cm³/mol. The van der Waals surface area contributed by atoms with Crippen LogP contribution in [-0.2, 0) is 6.61 Å². The minimum absolute atomic E-state index is 0.187. The number of benzene rings is 3. The van der Waals surface area contributed by atoms with Crippen LogP contribution in [0.2, 0.25) is 0 Å². The fourth-order valence-corrected chi connectivity index (χ4v) is 2.99. The van der Waals surface area contributed by atoms with Gasteiger partial charge in [-0.1, -0.05) is 55.5 Å². The standard InChI is InChI=1S/C25H23FN2O2/c1-2-19(15-27)23-13-12-22(14-24(23)26)29-16-18-8-10-21(11-9-18)30-17-25(28)20-6-4-3-5-7-20/h3-14,19,28H,2,16-17H2,1H3. The molecule has 0 bridgehead atoms. The maximum atomic E-state index is 14.3. The third-order valence-electron chi connectivity index (χ3n) is 4.75. The van der Waals surface area contributed by atoms with Gasteiger partial charge >= 0.3 is 0 Å². The highest BCUT2D eigenvalue weighted by Crippen LogP contribution is 2.26. The van der Waals surface area contributed by atoms with Crippen molar-refractivity contribution >= 4 is 5.71 Å². The molecule has 5 heteroatoms. The minimum atomic E-state index is -0.449. The highest BCUT2D eigenvalue weighted by Gasteiger charge is 2.14. The maximum Gasteiger partial charge on any atom is 0.131 e. The van der Waals surface area contributed by atoms with Crippen molar-refractivity contribution in [1.29, 1.82) is 10.7 Å². The Morgan fingerprint density at radius 3 is 2.33 bits per heavy atom. The predicted octanol–water partition coefficient (Wildman–Crippen LogP) is 5.87. The van der Waals surface area contributed by atoms with Crippen molar-refractivity contribution < 1.29 is 13.9 Å². The second-order valence-electron chi connectivity index (χ2n) is 6.84. The van der Waals surface area contributed by atoms with E-state index in [-0.39, 0.29) is 13.2 Å². The van der Waals surface area contributed by atoms with E-state index >= 15 is 0 Å². The third-order valence-corrected chi connectivity index (χ3v) is 4.75. The first-order chi connectivity index (χ1) is 14.6. The fourth-order valence-electron chi connectivity index (χ4n) is 2.99. The summed E-state index contributed by atoms with van der Waals surface area (Å²) in [6.07, 6.45) is 0.562. The van der Waals surface area contributed by atoms with Crippen molar-refractivity contribution in [3.63, 3.8) is 0 Å². The van der Waals surface area contributed by atoms with Crippen LogP contribution in [0, 0.1) is 22.6 Å². The Balaban J connectivity index is 1.53. The summed E-state index contributed by atoms with van der Waals surface area (Å²) in [4.78, 5) is 0. The lowest BCUT2D eigenvalue weighted by Crippen LogP contribution is -2.11. The van der Waals surface area contributed by atoms with Gasteiger partial charge in [0.1, 0.15) is 30.5 Å². The van der Waals surface area contributed by atoms with Gasteiger partial charge < -0.3 is 14.9 Å².